The van der Waals surface area contributed by atoms with Crippen molar-refractivity contribution in [3.63, 3.8) is 0 Å². The quantitative estimate of drug-likeness (QED) is 0.919. The van der Waals surface area contributed by atoms with Gasteiger partial charge in [-0.05, 0) is 38.8 Å². The highest BCUT2D eigenvalue weighted by atomic mass is 32.2. The summed E-state index contributed by atoms with van der Waals surface area (Å²) >= 11 is 0. The van der Waals surface area contributed by atoms with Crippen LogP contribution in [0.1, 0.15) is 33.1 Å². The van der Waals surface area contributed by atoms with Crippen molar-refractivity contribution in [1.29, 1.82) is 0 Å². The number of piperidine rings is 1. The number of hydrogen-bond acceptors (Lipinski definition) is 4. The third-order valence-electron chi connectivity index (χ3n) is 3.13. The molecule has 0 aromatic carbocycles. The van der Waals surface area contributed by atoms with Crippen LogP contribution in [0.5, 0.6) is 0 Å². The van der Waals surface area contributed by atoms with Crippen LogP contribution in [0.2, 0.25) is 0 Å². The predicted octanol–water partition coefficient (Wildman–Crippen LogP) is 2.08. The molecule has 19 heavy (non-hydrogen) atoms. The minimum Gasteiger partial charge on any atom is -0.368 e. The number of sulfonamides is 1. The van der Waals surface area contributed by atoms with Crippen LogP contribution in [0.3, 0.4) is 0 Å². The Labute approximate surface area is 115 Å². The summed E-state index contributed by atoms with van der Waals surface area (Å²) in [6.45, 7) is 5.27. The highest BCUT2D eigenvalue weighted by Gasteiger charge is 2.25. The number of hydrogen-bond donors (Lipinski definition) is 1. The Bertz CT molecular complexity index is 505. The van der Waals surface area contributed by atoms with Crippen LogP contribution < -0.4 is 5.32 Å². The maximum Gasteiger partial charge on any atom is 0.244 e. The number of anilines is 1. The first-order valence-electron chi connectivity index (χ1n) is 6.73. The van der Waals surface area contributed by atoms with E-state index in [1.54, 1.807) is 16.4 Å². The van der Waals surface area contributed by atoms with Crippen molar-refractivity contribution in [3.8, 4) is 0 Å². The summed E-state index contributed by atoms with van der Waals surface area (Å²) in [5, 5.41) is 3.14. The molecule has 2 heterocycles. The first kappa shape index (κ1) is 14.3. The lowest BCUT2D eigenvalue weighted by Crippen LogP contribution is -2.35. The second kappa shape index (κ2) is 5.88. The summed E-state index contributed by atoms with van der Waals surface area (Å²) in [5.74, 6) is 0.701. The molecule has 1 aromatic heterocycles. The van der Waals surface area contributed by atoms with E-state index in [0.717, 1.165) is 19.3 Å². The van der Waals surface area contributed by atoms with Gasteiger partial charge in [-0.15, -0.1) is 0 Å². The van der Waals surface area contributed by atoms with E-state index in [4.69, 9.17) is 0 Å². The third-order valence-corrected chi connectivity index (χ3v) is 5.01. The van der Waals surface area contributed by atoms with Crippen LogP contribution in [-0.4, -0.2) is 36.8 Å². The Kier molecular flexibility index (Phi) is 4.42. The van der Waals surface area contributed by atoms with Crippen LogP contribution in [0.25, 0.3) is 0 Å². The monoisotopic (exact) mass is 283 g/mol. The average Bonchev–Trinajstić information content (AvgIpc) is 2.40. The van der Waals surface area contributed by atoms with E-state index >= 15 is 0 Å². The van der Waals surface area contributed by atoms with Crippen molar-refractivity contribution in [2.75, 3.05) is 18.4 Å². The zero-order valence-electron chi connectivity index (χ0n) is 11.5. The molecular formula is C13H21N3O2S. The Morgan fingerprint density at radius 3 is 2.42 bits per heavy atom. The second-order valence-corrected chi connectivity index (χ2v) is 7.08. The van der Waals surface area contributed by atoms with Gasteiger partial charge in [0, 0.05) is 25.3 Å². The van der Waals surface area contributed by atoms with Gasteiger partial charge in [0.05, 0.1) is 0 Å². The molecule has 0 spiro atoms. The molecule has 1 aromatic rings. The van der Waals surface area contributed by atoms with Crippen LogP contribution >= 0.6 is 0 Å². The van der Waals surface area contributed by atoms with Crippen LogP contribution in [0.15, 0.2) is 23.2 Å². The van der Waals surface area contributed by atoms with Crippen molar-refractivity contribution in [2.24, 2.45) is 0 Å². The molecule has 0 atom stereocenters. The number of pyridine rings is 1. The summed E-state index contributed by atoms with van der Waals surface area (Å²) in [6, 6.07) is 3.62. The van der Waals surface area contributed by atoms with Crippen molar-refractivity contribution < 1.29 is 8.42 Å². The molecule has 0 amide bonds. The van der Waals surface area contributed by atoms with Gasteiger partial charge in [0.15, 0.2) is 0 Å². The molecule has 5 nitrogen and oxygen atoms in total. The summed E-state index contributed by atoms with van der Waals surface area (Å²) < 4.78 is 26.3. The van der Waals surface area contributed by atoms with E-state index in [2.05, 4.69) is 10.3 Å². The Morgan fingerprint density at radius 2 is 1.89 bits per heavy atom. The predicted molar refractivity (Wildman–Crippen MR) is 75.6 cm³/mol. The molecule has 1 fully saturated rings. The molecule has 0 unspecified atom stereocenters. The van der Waals surface area contributed by atoms with Crippen molar-refractivity contribution >= 4 is 15.8 Å². The molecule has 106 valence electrons. The summed E-state index contributed by atoms with van der Waals surface area (Å²) in [5.41, 5.74) is 0. The smallest absolute Gasteiger partial charge is 0.244 e. The van der Waals surface area contributed by atoms with E-state index < -0.39 is 10.0 Å². The Morgan fingerprint density at radius 1 is 1.21 bits per heavy atom. The Balaban J connectivity index is 2.16. The first-order valence-corrected chi connectivity index (χ1v) is 8.17. The molecule has 0 aliphatic carbocycles. The Hall–Kier alpha value is -1.14. The fraction of sp³-hybridized carbons (Fsp3) is 0.615. The molecule has 0 radical (unpaired) electrons. The van der Waals surface area contributed by atoms with E-state index in [1.165, 1.54) is 6.20 Å². The van der Waals surface area contributed by atoms with Crippen molar-refractivity contribution in [2.45, 2.75) is 44.0 Å². The van der Waals surface area contributed by atoms with E-state index in [1.807, 2.05) is 13.8 Å². The molecule has 1 N–H and O–H groups in total. The highest BCUT2D eigenvalue weighted by Crippen LogP contribution is 2.20. The fourth-order valence-electron chi connectivity index (χ4n) is 2.17. The fourth-order valence-corrected chi connectivity index (χ4v) is 3.63. The maximum atomic E-state index is 12.4. The highest BCUT2D eigenvalue weighted by molar-refractivity contribution is 7.89. The minimum absolute atomic E-state index is 0.275. The van der Waals surface area contributed by atoms with Gasteiger partial charge in [-0.3, -0.25) is 0 Å². The van der Waals surface area contributed by atoms with E-state index in [-0.39, 0.29) is 10.9 Å². The minimum atomic E-state index is -3.36. The average molecular weight is 283 g/mol. The van der Waals surface area contributed by atoms with Gasteiger partial charge in [-0.1, -0.05) is 6.42 Å². The zero-order valence-corrected chi connectivity index (χ0v) is 12.3. The zero-order chi connectivity index (χ0) is 13.9. The van der Waals surface area contributed by atoms with Gasteiger partial charge in [-0.25, -0.2) is 13.4 Å². The lowest BCUT2D eigenvalue weighted by atomic mass is 10.2. The normalized spacial score (nSPS) is 17.6. The standard InChI is InChI=1S/C13H21N3O2S/c1-11(2)15-13-7-6-12(10-14-13)19(17,18)16-8-4-3-5-9-16/h6-7,10-11H,3-5,8-9H2,1-2H3,(H,14,15). The summed E-state index contributed by atoms with van der Waals surface area (Å²) in [4.78, 5) is 4.44. The molecule has 1 aliphatic rings. The summed E-state index contributed by atoms with van der Waals surface area (Å²) in [6.07, 6.45) is 4.44. The second-order valence-electron chi connectivity index (χ2n) is 5.14. The van der Waals surface area contributed by atoms with E-state index in [9.17, 15) is 8.42 Å². The number of nitrogens with zero attached hydrogens (tertiary/aromatic N) is 2. The van der Waals surface area contributed by atoms with Crippen LogP contribution in [0, 0.1) is 0 Å². The molecule has 0 bridgehead atoms. The van der Waals surface area contributed by atoms with Crippen LogP contribution in [-0.2, 0) is 10.0 Å². The number of aromatic nitrogens is 1. The molecule has 2 rings (SSSR count). The number of nitrogens with one attached hydrogen (secondary N) is 1. The maximum absolute atomic E-state index is 12.4. The van der Waals surface area contributed by atoms with Gasteiger partial charge in [0.25, 0.3) is 0 Å². The van der Waals surface area contributed by atoms with Gasteiger partial charge >= 0.3 is 0 Å². The SMILES string of the molecule is CC(C)Nc1ccc(S(=O)(=O)N2CCCCC2)cn1. The molecule has 1 aliphatic heterocycles. The van der Waals surface area contributed by atoms with Gasteiger partial charge in [0.1, 0.15) is 10.7 Å². The largest absolute Gasteiger partial charge is 0.368 e. The molecule has 6 heteroatoms. The third kappa shape index (κ3) is 3.45. The first-order chi connectivity index (χ1) is 9.00. The molecular weight excluding hydrogens is 262 g/mol. The lowest BCUT2D eigenvalue weighted by molar-refractivity contribution is 0.346. The van der Waals surface area contributed by atoms with Gasteiger partial charge in [-0.2, -0.15) is 4.31 Å². The molecule has 1 saturated heterocycles. The topological polar surface area (TPSA) is 62.3 Å². The summed E-state index contributed by atoms with van der Waals surface area (Å²) in [7, 11) is -3.36. The lowest BCUT2D eigenvalue weighted by Gasteiger charge is -2.25. The van der Waals surface area contributed by atoms with Gasteiger partial charge in [0.2, 0.25) is 10.0 Å². The van der Waals surface area contributed by atoms with Crippen molar-refractivity contribution in [3.05, 3.63) is 18.3 Å². The van der Waals surface area contributed by atoms with Gasteiger partial charge < -0.3 is 5.32 Å². The number of rotatable bonds is 4. The van der Waals surface area contributed by atoms with Crippen molar-refractivity contribution in [1.82, 2.24) is 9.29 Å². The van der Waals surface area contributed by atoms with Crippen LogP contribution in [0.4, 0.5) is 5.82 Å². The molecule has 0 saturated carbocycles. The van der Waals surface area contributed by atoms with E-state index in [0.29, 0.717) is 18.9 Å².